The minimum atomic E-state index is -0.0550. The molecular weight excluding hydrogens is 192 g/mol. The van der Waals surface area contributed by atoms with E-state index >= 15 is 0 Å². The van der Waals surface area contributed by atoms with Gasteiger partial charge in [-0.25, -0.2) is 4.98 Å². The first-order chi connectivity index (χ1) is 6.81. The van der Waals surface area contributed by atoms with Crippen molar-refractivity contribution in [2.24, 2.45) is 5.11 Å². The lowest BCUT2D eigenvalue weighted by molar-refractivity contribution is 0.147. The lowest BCUT2D eigenvalue weighted by Crippen LogP contribution is -1.97. The molecule has 0 aliphatic carbocycles. The molecule has 0 aliphatic rings. The summed E-state index contributed by atoms with van der Waals surface area (Å²) in [5.74, 6) is -0.0639. The second-order valence-electron chi connectivity index (χ2n) is 2.06. The van der Waals surface area contributed by atoms with E-state index in [1.54, 1.807) is 0 Å². The van der Waals surface area contributed by atoms with Crippen LogP contribution in [0.3, 0.4) is 0 Å². The number of rotatable bonds is 2. The molecule has 2 aromatic heterocycles. The molecule has 11 nitrogen and oxygen atoms in total. The number of nitrogens with zero attached hydrogens (tertiary/aromatic N) is 9. The Labute approximate surface area is 75.0 Å². The highest BCUT2D eigenvalue weighted by Gasteiger charge is 2.12. The smallest absolute Gasteiger partial charge is 0.261 e. The number of hydrogen-bond acceptors (Lipinski definition) is 7. The van der Waals surface area contributed by atoms with Crippen molar-refractivity contribution < 1.29 is 5.21 Å². The fourth-order valence-electron chi connectivity index (χ4n) is 0.757. The number of aromatic amines is 1. The van der Waals surface area contributed by atoms with E-state index in [4.69, 9.17) is 10.7 Å². The van der Waals surface area contributed by atoms with Gasteiger partial charge in [-0.3, -0.25) is 5.10 Å². The summed E-state index contributed by atoms with van der Waals surface area (Å²) in [5, 5.41) is 27.9. The third-order valence-electron chi connectivity index (χ3n) is 1.27. The molecule has 0 amide bonds. The first-order valence-corrected chi connectivity index (χ1v) is 3.27. The van der Waals surface area contributed by atoms with Crippen LogP contribution in [0.2, 0.25) is 0 Å². The van der Waals surface area contributed by atoms with Gasteiger partial charge in [-0.15, -0.1) is 10.2 Å². The van der Waals surface area contributed by atoms with Gasteiger partial charge in [0.1, 0.15) is 0 Å². The molecule has 2 aromatic rings. The molecule has 0 aromatic carbocycles. The predicted molar refractivity (Wildman–Crippen MR) is 39.2 cm³/mol. The van der Waals surface area contributed by atoms with E-state index in [1.165, 1.54) is 0 Å². The molecular formula is C3H2N10O. The van der Waals surface area contributed by atoms with Crippen molar-refractivity contribution in [1.29, 1.82) is 0 Å². The quantitative estimate of drug-likeness (QED) is 0.287. The van der Waals surface area contributed by atoms with Crippen LogP contribution in [-0.2, 0) is 0 Å². The van der Waals surface area contributed by atoms with E-state index < -0.39 is 0 Å². The molecule has 0 spiro atoms. The third kappa shape index (κ3) is 1.19. The zero-order valence-electron chi connectivity index (χ0n) is 6.47. The van der Waals surface area contributed by atoms with Gasteiger partial charge in [0, 0.05) is 4.91 Å². The zero-order valence-corrected chi connectivity index (χ0v) is 6.47. The summed E-state index contributed by atoms with van der Waals surface area (Å²) in [5.41, 5.74) is 8.09. The second-order valence-corrected chi connectivity index (χ2v) is 2.06. The van der Waals surface area contributed by atoms with E-state index in [2.05, 4.69) is 40.7 Å². The van der Waals surface area contributed by atoms with E-state index in [9.17, 15) is 0 Å². The molecule has 0 saturated heterocycles. The lowest BCUT2D eigenvalue weighted by atomic mass is 10.6. The van der Waals surface area contributed by atoms with Crippen LogP contribution in [0, 0.1) is 0 Å². The van der Waals surface area contributed by atoms with Crippen LogP contribution in [0.15, 0.2) is 5.11 Å². The highest BCUT2D eigenvalue weighted by atomic mass is 16.5. The van der Waals surface area contributed by atoms with E-state index in [0.29, 0.717) is 4.85 Å². The molecule has 0 unspecified atom stereocenters. The van der Waals surface area contributed by atoms with Crippen molar-refractivity contribution >= 4 is 5.95 Å². The highest BCUT2D eigenvalue weighted by Crippen LogP contribution is 2.11. The van der Waals surface area contributed by atoms with Crippen molar-refractivity contribution in [2.75, 3.05) is 0 Å². The van der Waals surface area contributed by atoms with E-state index in [-0.39, 0.29) is 17.6 Å². The summed E-state index contributed by atoms with van der Waals surface area (Å²) in [6.07, 6.45) is 0. The van der Waals surface area contributed by atoms with Crippen LogP contribution in [0.25, 0.3) is 22.1 Å². The van der Waals surface area contributed by atoms with Gasteiger partial charge in [-0.1, -0.05) is 4.85 Å². The molecule has 14 heavy (non-hydrogen) atoms. The maximum absolute atomic E-state index is 9.03. The first-order valence-electron chi connectivity index (χ1n) is 3.27. The van der Waals surface area contributed by atoms with Gasteiger partial charge in [0.05, 0.1) is 0 Å². The molecule has 2 heterocycles. The van der Waals surface area contributed by atoms with Crippen molar-refractivity contribution in [3.8, 4) is 11.6 Å². The molecule has 0 bridgehead atoms. The fraction of sp³-hybridized carbons (Fsp3) is 0. The Morgan fingerprint density at radius 3 is 3.07 bits per heavy atom. The topological polar surface area (TPSA) is 154 Å². The van der Waals surface area contributed by atoms with Crippen molar-refractivity contribution in [3.63, 3.8) is 0 Å². The Hall–Kier alpha value is -2.68. The van der Waals surface area contributed by atoms with Crippen LogP contribution in [0.5, 0.6) is 0 Å². The number of hydrogen-bond donors (Lipinski definition) is 2. The SMILES string of the molecule is [N-]=[N+]=Nc1nc(-c2nnnn2O)n[nH]1. The Kier molecular flexibility index (Phi) is 1.70. The molecule has 70 valence electrons. The molecule has 11 heteroatoms. The summed E-state index contributed by atoms with van der Waals surface area (Å²) in [6, 6.07) is 0. The molecule has 0 aliphatic heterocycles. The summed E-state index contributed by atoms with van der Waals surface area (Å²) >= 11 is 0. The predicted octanol–water partition coefficient (Wildman–Crippen LogP) is -0.363. The molecule has 0 atom stereocenters. The molecule has 2 rings (SSSR count). The third-order valence-corrected chi connectivity index (χ3v) is 1.27. The minimum absolute atomic E-state index is 0.0277. The van der Waals surface area contributed by atoms with Gasteiger partial charge in [0.2, 0.25) is 11.8 Å². The monoisotopic (exact) mass is 194 g/mol. The van der Waals surface area contributed by atoms with Gasteiger partial charge in [-0.2, -0.15) is 0 Å². The van der Waals surface area contributed by atoms with Crippen LogP contribution in [0.4, 0.5) is 5.95 Å². The van der Waals surface area contributed by atoms with Crippen LogP contribution < -0.4 is 0 Å². The maximum atomic E-state index is 9.03. The molecule has 0 fully saturated rings. The molecule has 0 radical (unpaired) electrons. The Morgan fingerprint density at radius 1 is 1.57 bits per heavy atom. The van der Waals surface area contributed by atoms with Crippen molar-refractivity contribution in [2.45, 2.75) is 0 Å². The van der Waals surface area contributed by atoms with Gasteiger partial charge < -0.3 is 5.21 Å². The number of tetrazole rings is 1. The highest BCUT2D eigenvalue weighted by molar-refractivity contribution is 5.42. The van der Waals surface area contributed by atoms with E-state index in [0.717, 1.165) is 0 Å². The van der Waals surface area contributed by atoms with E-state index in [1.807, 2.05) is 0 Å². The van der Waals surface area contributed by atoms with Crippen LogP contribution in [-0.4, -0.2) is 40.8 Å². The molecule has 0 saturated carbocycles. The van der Waals surface area contributed by atoms with Crippen LogP contribution >= 0.6 is 0 Å². The van der Waals surface area contributed by atoms with Crippen molar-refractivity contribution in [1.82, 2.24) is 35.6 Å². The minimum Gasteiger partial charge on any atom is -0.409 e. The lowest BCUT2D eigenvalue weighted by Gasteiger charge is -1.87. The Bertz CT molecular complexity index is 489. The molecule has 2 N–H and O–H groups in total. The summed E-state index contributed by atoms with van der Waals surface area (Å²) < 4.78 is 0. The average Bonchev–Trinajstić information content (AvgIpc) is 2.74. The second kappa shape index (κ2) is 2.99. The standard InChI is InChI=1S/C3H2N10O/c4-10-9-3-5-1(6-8-3)2-7-11-12-13(2)14/h14H,(H,5,6,8). The average molecular weight is 194 g/mol. The van der Waals surface area contributed by atoms with Gasteiger partial charge in [0.15, 0.2) is 0 Å². The number of H-pyrrole nitrogens is 1. The Morgan fingerprint density at radius 2 is 2.43 bits per heavy atom. The number of nitrogens with one attached hydrogen (secondary N) is 1. The fourth-order valence-corrected chi connectivity index (χ4v) is 0.757. The maximum Gasteiger partial charge on any atom is 0.261 e. The normalized spacial score (nSPS) is 9.71. The number of azide groups is 1. The van der Waals surface area contributed by atoms with Gasteiger partial charge >= 0.3 is 0 Å². The van der Waals surface area contributed by atoms with Crippen molar-refractivity contribution in [3.05, 3.63) is 10.4 Å². The van der Waals surface area contributed by atoms with Crippen LogP contribution in [0.1, 0.15) is 0 Å². The summed E-state index contributed by atoms with van der Waals surface area (Å²) in [4.78, 5) is 6.59. The van der Waals surface area contributed by atoms with Gasteiger partial charge in [0.25, 0.3) is 5.82 Å². The summed E-state index contributed by atoms with van der Waals surface area (Å²) in [7, 11) is 0. The largest absolute Gasteiger partial charge is 0.409 e. The number of aromatic nitrogens is 7. The Balaban J connectivity index is 2.43. The van der Waals surface area contributed by atoms with Gasteiger partial charge in [-0.05, 0) is 21.1 Å². The first kappa shape index (κ1) is 7.94. The zero-order chi connectivity index (χ0) is 9.97. The summed E-state index contributed by atoms with van der Waals surface area (Å²) in [6.45, 7) is 0.